The number of hydrogen-bond donors (Lipinski definition) is 2. The minimum Gasteiger partial charge on any atom is -0.398 e. The number of allylic oxidation sites excluding steroid dienone is 1. The largest absolute Gasteiger partial charge is 0.398 e. The molecule has 0 saturated carbocycles. The Hall–Kier alpha value is -1.91. The van der Waals surface area contributed by atoms with Crippen molar-refractivity contribution < 1.29 is 13.6 Å². The van der Waals surface area contributed by atoms with Crippen molar-refractivity contribution in [2.75, 3.05) is 12.3 Å². The first-order chi connectivity index (χ1) is 7.91. The molecule has 0 aliphatic rings. The van der Waals surface area contributed by atoms with Gasteiger partial charge in [0.15, 0.2) is 11.6 Å². The number of nitrogens with two attached hydrogens (primary N) is 1. The lowest BCUT2D eigenvalue weighted by atomic mass is 10.1. The van der Waals surface area contributed by atoms with Crippen LogP contribution in [0.3, 0.4) is 0 Å². The van der Waals surface area contributed by atoms with E-state index >= 15 is 0 Å². The molecule has 3 N–H and O–H groups in total. The number of halogens is 2. The van der Waals surface area contributed by atoms with Crippen LogP contribution in [-0.2, 0) is 0 Å². The monoisotopic (exact) mass is 240 g/mol. The second-order valence-corrected chi connectivity index (χ2v) is 3.85. The van der Waals surface area contributed by atoms with Crippen molar-refractivity contribution in [1.82, 2.24) is 5.32 Å². The zero-order valence-electron chi connectivity index (χ0n) is 9.68. The van der Waals surface area contributed by atoms with Crippen molar-refractivity contribution in [3.05, 3.63) is 41.0 Å². The second-order valence-electron chi connectivity index (χ2n) is 3.85. The third-order valence-electron chi connectivity index (χ3n) is 2.11. The van der Waals surface area contributed by atoms with Crippen molar-refractivity contribution in [3.8, 4) is 0 Å². The first kappa shape index (κ1) is 13.2. The Balaban J connectivity index is 2.82. The van der Waals surface area contributed by atoms with Gasteiger partial charge in [0, 0.05) is 18.3 Å². The van der Waals surface area contributed by atoms with E-state index in [9.17, 15) is 13.6 Å². The van der Waals surface area contributed by atoms with Gasteiger partial charge in [-0.3, -0.25) is 4.79 Å². The van der Waals surface area contributed by atoms with Gasteiger partial charge in [-0.25, -0.2) is 8.78 Å². The smallest absolute Gasteiger partial charge is 0.253 e. The number of nitrogen functional groups attached to an aromatic ring is 1. The number of carbonyl (C=O) groups is 1. The number of carbonyl (C=O) groups excluding carboxylic acids is 1. The van der Waals surface area contributed by atoms with E-state index in [0.29, 0.717) is 6.54 Å². The Kier molecular flexibility index (Phi) is 4.20. The van der Waals surface area contributed by atoms with Crippen LogP contribution in [0.5, 0.6) is 0 Å². The van der Waals surface area contributed by atoms with Crippen molar-refractivity contribution in [3.63, 3.8) is 0 Å². The van der Waals surface area contributed by atoms with Crippen LogP contribution in [0.4, 0.5) is 14.5 Å². The molecule has 17 heavy (non-hydrogen) atoms. The lowest BCUT2D eigenvalue weighted by Gasteiger charge is -2.06. The molecule has 0 aliphatic heterocycles. The maximum Gasteiger partial charge on any atom is 0.253 e. The Morgan fingerprint density at radius 2 is 1.94 bits per heavy atom. The van der Waals surface area contributed by atoms with E-state index in [4.69, 9.17) is 5.73 Å². The zero-order valence-corrected chi connectivity index (χ0v) is 9.68. The Bertz CT molecular complexity index is 466. The molecule has 0 aliphatic carbocycles. The number of anilines is 1. The summed E-state index contributed by atoms with van der Waals surface area (Å²) < 4.78 is 25.7. The molecule has 0 radical (unpaired) electrons. The van der Waals surface area contributed by atoms with Gasteiger partial charge in [0.2, 0.25) is 0 Å². The summed E-state index contributed by atoms with van der Waals surface area (Å²) in [6.45, 7) is 4.09. The zero-order chi connectivity index (χ0) is 13.0. The quantitative estimate of drug-likeness (QED) is 0.629. The summed E-state index contributed by atoms with van der Waals surface area (Å²) in [5.41, 5.74) is 6.34. The molecule has 1 amide bonds. The molecule has 3 nitrogen and oxygen atoms in total. The van der Waals surface area contributed by atoms with Crippen LogP contribution in [0.15, 0.2) is 23.8 Å². The van der Waals surface area contributed by atoms with Gasteiger partial charge in [0.05, 0.1) is 5.56 Å². The highest BCUT2D eigenvalue weighted by Gasteiger charge is 2.13. The van der Waals surface area contributed by atoms with Gasteiger partial charge in [-0.15, -0.1) is 0 Å². The molecule has 0 spiro atoms. The van der Waals surface area contributed by atoms with Gasteiger partial charge in [-0.1, -0.05) is 11.6 Å². The average molecular weight is 240 g/mol. The summed E-state index contributed by atoms with van der Waals surface area (Å²) in [5, 5.41) is 2.53. The van der Waals surface area contributed by atoms with Crippen LogP contribution in [0, 0.1) is 11.6 Å². The van der Waals surface area contributed by atoms with Crippen LogP contribution in [-0.4, -0.2) is 12.5 Å². The fourth-order valence-electron chi connectivity index (χ4n) is 1.20. The first-order valence-electron chi connectivity index (χ1n) is 5.08. The standard InChI is InChI=1S/C12H14F2N2O/c1-7(2)3-4-16-12(17)8-5-9(13)10(14)6-11(8)15/h3,5-6H,4,15H2,1-2H3,(H,16,17). The maximum atomic E-state index is 12.9. The van der Waals surface area contributed by atoms with Gasteiger partial charge in [0.1, 0.15) is 0 Å². The number of hydrogen-bond acceptors (Lipinski definition) is 2. The highest BCUT2D eigenvalue weighted by Crippen LogP contribution is 2.16. The predicted molar refractivity (Wildman–Crippen MR) is 62.5 cm³/mol. The molecule has 0 heterocycles. The molecule has 1 aromatic rings. The summed E-state index contributed by atoms with van der Waals surface area (Å²) >= 11 is 0. The maximum absolute atomic E-state index is 12.9. The number of nitrogens with one attached hydrogen (secondary N) is 1. The van der Waals surface area contributed by atoms with E-state index in [1.807, 2.05) is 13.8 Å². The molecule has 0 bridgehead atoms. The predicted octanol–water partition coefficient (Wildman–Crippen LogP) is 2.24. The highest BCUT2D eigenvalue weighted by atomic mass is 19.2. The molecule has 1 rings (SSSR count). The lowest BCUT2D eigenvalue weighted by molar-refractivity contribution is 0.0958. The van der Waals surface area contributed by atoms with Crippen molar-refractivity contribution in [2.24, 2.45) is 0 Å². The minimum atomic E-state index is -1.09. The van der Waals surface area contributed by atoms with Crippen molar-refractivity contribution in [2.45, 2.75) is 13.8 Å². The summed E-state index contributed by atoms with van der Waals surface area (Å²) in [5.74, 6) is -2.69. The Morgan fingerprint density at radius 1 is 1.35 bits per heavy atom. The third kappa shape index (κ3) is 3.55. The second kappa shape index (κ2) is 5.43. The summed E-state index contributed by atoms with van der Waals surface area (Å²) in [4.78, 5) is 11.6. The summed E-state index contributed by atoms with van der Waals surface area (Å²) in [6, 6.07) is 1.59. The van der Waals surface area contributed by atoms with Gasteiger partial charge in [0.25, 0.3) is 5.91 Å². The topological polar surface area (TPSA) is 55.1 Å². The van der Waals surface area contributed by atoms with Gasteiger partial charge in [-0.2, -0.15) is 0 Å². The van der Waals surface area contributed by atoms with Gasteiger partial charge >= 0.3 is 0 Å². The molecule has 1 aromatic carbocycles. The molecule has 0 fully saturated rings. The molecule has 92 valence electrons. The summed E-state index contributed by atoms with van der Waals surface area (Å²) in [7, 11) is 0. The number of benzene rings is 1. The van der Waals surface area contributed by atoms with Crippen molar-refractivity contribution in [1.29, 1.82) is 0 Å². The lowest BCUT2D eigenvalue weighted by Crippen LogP contribution is -2.24. The van der Waals surface area contributed by atoms with Crippen LogP contribution >= 0.6 is 0 Å². The van der Waals surface area contributed by atoms with E-state index in [2.05, 4.69) is 5.32 Å². The van der Waals surface area contributed by atoms with Gasteiger partial charge < -0.3 is 11.1 Å². The van der Waals surface area contributed by atoms with Crippen LogP contribution in [0.2, 0.25) is 0 Å². The normalized spacial score (nSPS) is 9.88. The fraction of sp³-hybridized carbons (Fsp3) is 0.250. The van der Waals surface area contributed by atoms with E-state index in [1.165, 1.54) is 0 Å². The summed E-state index contributed by atoms with van der Waals surface area (Å²) in [6.07, 6.45) is 1.80. The minimum absolute atomic E-state index is 0.0638. The van der Waals surface area contributed by atoms with E-state index in [1.54, 1.807) is 6.08 Å². The molecular weight excluding hydrogens is 226 g/mol. The van der Waals surface area contributed by atoms with Crippen LogP contribution in [0.25, 0.3) is 0 Å². The molecule has 0 unspecified atom stereocenters. The third-order valence-corrected chi connectivity index (χ3v) is 2.11. The fourth-order valence-corrected chi connectivity index (χ4v) is 1.20. The van der Waals surface area contributed by atoms with Crippen molar-refractivity contribution >= 4 is 11.6 Å². The SMILES string of the molecule is CC(C)=CCNC(=O)c1cc(F)c(F)cc1N. The Morgan fingerprint density at radius 3 is 2.53 bits per heavy atom. The van der Waals surface area contributed by atoms with E-state index in [-0.39, 0.29) is 11.3 Å². The molecule has 0 aromatic heterocycles. The number of rotatable bonds is 3. The van der Waals surface area contributed by atoms with Crippen LogP contribution < -0.4 is 11.1 Å². The van der Waals surface area contributed by atoms with E-state index < -0.39 is 17.5 Å². The molecule has 0 atom stereocenters. The highest BCUT2D eigenvalue weighted by molar-refractivity contribution is 5.99. The molecule has 0 saturated heterocycles. The van der Waals surface area contributed by atoms with E-state index in [0.717, 1.165) is 17.7 Å². The number of amides is 1. The van der Waals surface area contributed by atoms with Crippen LogP contribution in [0.1, 0.15) is 24.2 Å². The molecular formula is C12H14F2N2O. The average Bonchev–Trinajstić information content (AvgIpc) is 2.22. The molecule has 5 heteroatoms. The Labute approximate surface area is 98.3 Å². The first-order valence-corrected chi connectivity index (χ1v) is 5.08. The van der Waals surface area contributed by atoms with Gasteiger partial charge in [-0.05, 0) is 19.9 Å².